The highest BCUT2D eigenvalue weighted by molar-refractivity contribution is 4.96. The molecule has 110 valence electrons. The third-order valence-corrected chi connectivity index (χ3v) is 3.51. The van der Waals surface area contributed by atoms with Crippen LogP contribution in [0.1, 0.15) is 59.6 Å². The third kappa shape index (κ3) is 5.31. The first-order valence-corrected chi connectivity index (χ1v) is 7.59. The summed E-state index contributed by atoms with van der Waals surface area (Å²) in [6.07, 6.45) is 6.39. The Bertz CT molecular complexity index is 351. The van der Waals surface area contributed by atoms with Crippen LogP contribution in [0, 0.1) is 5.41 Å². The fourth-order valence-electron chi connectivity index (χ4n) is 2.32. The minimum Gasteiger partial charge on any atom is -0.313 e. The molecule has 0 saturated carbocycles. The summed E-state index contributed by atoms with van der Waals surface area (Å²) >= 11 is 0. The van der Waals surface area contributed by atoms with Gasteiger partial charge in [0.1, 0.15) is 0 Å². The fourth-order valence-corrected chi connectivity index (χ4v) is 2.32. The molecule has 1 N–H and O–H groups in total. The van der Waals surface area contributed by atoms with Crippen LogP contribution in [0.5, 0.6) is 0 Å². The van der Waals surface area contributed by atoms with Gasteiger partial charge in [-0.15, -0.1) is 5.10 Å². The highest BCUT2D eigenvalue weighted by atomic mass is 15.4. The summed E-state index contributed by atoms with van der Waals surface area (Å²) in [5, 5.41) is 11.9. The maximum Gasteiger partial charge on any atom is 0.0725 e. The minimum atomic E-state index is 0.290. The highest BCUT2D eigenvalue weighted by Crippen LogP contribution is 2.23. The average Bonchev–Trinajstić information content (AvgIpc) is 2.75. The lowest BCUT2D eigenvalue weighted by Gasteiger charge is -2.31. The molecule has 1 atom stereocenters. The predicted octanol–water partition coefficient (Wildman–Crippen LogP) is 3.04. The summed E-state index contributed by atoms with van der Waals surface area (Å²) in [5.74, 6) is 0. The van der Waals surface area contributed by atoms with Gasteiger partial charge in [0.15, 0.2) is 0 Å². The number of rotatable bonds is 8. The normalized spacial score (nSPS) is 13.7. The standard InChI is InChI=1S/C15H30N4/c1-6-10-16-14(15(3,4)5)9-8-13-12-17-18-19(13)11-7-2/h12,14,16H,6-11H2,1-5H3. The second-order valence-electron chi connectivity index (χ2n) is 6.36. The van der Waals surface area contributed by atoms with E-state index in [4.69, 9.17) is 0 Å². The summed E-state index contributed by atoms with van der Waals surface area (Å²) in [7, 11) is 0. The monoisotopic (exact) mass is 266 g/mol. The molecule has 0 fully saturated rings. The minimum absolute atomic E-state index is 0.290. The van der Waals surface area contributed by atoms with E-state index in [2.05, 4.69) is 50.2 Å². The van der Waals surface area contributed by atoms with Gasteiger partial charge < -0.3 is 5.32 Å². The van der Waals surface area contributed by atoms with Crippen molar-refractivity contribution < 1.29 is 0 Å². The van der Waals surface area contributed by atoms with E-state index < -0.39 is 0 Å². The van der Waals surface area contributed by atoms with Crippen LogP contribution >= 0.6 is 0 Å². The predicted molar refractivity (Wildman–Crippen MR) is 80.2 cm³/mol. The zero-order chi connectivity index (χ0) is 14.3. The van der Waals surface area contributed by atoms with Crippen molar-refractivity contribution in [2.45, 2.75) is 72.9 Å². The van der Waals surface area contributed by atoms with Gasteiger partial charge in [-0.3, -0.25) is 0 Å². The van der Waals surface area contributed by atoms with E-state index in [-0.39, 0.29) is 5.41 Å². The Kier molecular flexibility index (Phi) is 6.49. The topological polar surface area (TPSA) is 42.7 Å². The average molecular weight is 266 g/mol. The van der Waals surface area contributed by atoms with Crippen LogP contribution in [-0.2, 0) is 13.0 Å². The van der Waals surface area contributed by atoms with Gasteiger partial charge in [-0.2, -0.15) is 0 Å². The third-order valence-electron chi connectivity index (χ3n) is 3.51. The van der Waals surface area contributed by atoms with E-state index in [1.807, 2.05) is 10.9 Å². The Balaban J connectivity index is 2.57. The fraction of sp³-hybridized carbons (Fsp3) is 0.867. The van der Waals surface area contributed by atoms with Crippen molar-refractivity contribution in [2.75, 3.05) is 6.54 Å². The van der Waals surface area contributed by atoms with E-state index in [1.165, 1.54) is 12.1 Å². The van der Waals surface area contributed by atoms with Gasteiger partial charge in [-0.1, -0.05) is 39.8 Å². The molecule has 19 heavy (non-hydrogen) atoms. The smallest absolute Gasteiger partial charge is 0.0725 e. The van der Waals surface area contributed by atoms with E-state index in [0.29, 0.717) is 6.04 Å². The SMILES string of the molecule is CCCNC(CCc1cnnn1CCC)C(C)(C)C. The Morgan fingerprint density at radius 1 is 1.26 bits per heavy atom. The lowest BCUT2D eigenvalue weighted by Crippen LogP contribution is -2.41. The molecule has 0 amide bonds. The zero-order valence-corrected chi connectivity index (χ0v) is 13.2. The second-order valence-corrected chi connectivity index (χ2v) is 6.36. The van der Waals surface area contributed by atoms with Crippen molar-refractivity contribution in [3.05, 3.63) is 11.9 Å². The lowest BCUT2D eigenvalue weighted by molar-refractivity contribution is 0.254. The number of hydrogen-bond donors (Lipinski definition) is 1. The van der Waals surface area contributed by atoms with Crippen LogP contribution in [0.3, 0.4) is 0 Å². The van der Waals surface area contributed by atoms with Crippen molar-refractivity contribution in [1.82, 2.24) is 20.3 Å². The molecule has 0 aliphatic rings. The van der Waals surface area contributed by atoms with Gasteiger partial charge >= 0.3 is 0 Å². The Hall–Kier alpha value is -0.900. The summed E-state index contributed by atoms with van der Waals surface area (Å²) in [6.45, 7) is 13.4. The molecule has 1 aromatic rings. The number of nitrogens with one attached hydrogen (secondary N) is 1. The lowest BCUT2D eigenvalue weighted by atomic mass is 9.83. The molecule has 0 aromatic carbocycles. The molecule has 0 saturated heterocycles. The van der Waals surface area contributed by atoms with E-state index >= 15 is 0 Å². The molecular weight excluding hydrogens is 236 g/mol. The van der Waals surface area contributed by atoms with Gasteiger partial charge in [0.05, 0.1) is 11.9 Å². The first-order chi connectivity index (χ1) is 8.99. The van der Waals surface area contributed by atoms with Crippen molar-refractivity contribution in [3.63, 3.8) is 0 Å². The molecule has 0 aliphatic carbocycles. The van der Waals surface area contributed by atoms with Crippen LogP contribution in [-0.4, -0.2) is 27.6 Å². The summed E-state index contributed by atoms with van der Waals surface area (Å²) < 4.78 is 2.04. The molecular formula is C15H30N4. The molecule has 0 aliphatic heterocycles. The van der Waals surface area contributed by atoms with Crippen LogP contribution in [0.2, 0.25) is 0 Å². The molecule has 1 rings (SSSR count). The first-order valence-electron chi connectivity index (χ1n) is 7.59. The number of aromatic nitrogens is 3. The largest absolute Gasteiger partial charge is 0.313 e. The van der Waals surface area contributed by atoms with Gasteiger partial charge in [-0.05, 0) is 37.6 Å². The van der Waals surface area contributed by atoms with Crippen molar-refractivity contribution in [2.24, 2.45) is 5.41 Å². The molecule has 0 spiro atoms. The summed E-state index contributed by atoms with van der Waals surface area (Å²) in [5.41, 5.74) is 1.55. The number of aryl methyl sites for hydroxylation is 2. The van der Waals surface area contributed by atoms with E-state index in [9.17, 15) is 0 Å². The quantitative estimate of drug-likeness (QED) is 0.786. The number of hydrogen-bond acceptors (Lipinski definition) is 3. The van der Waals surface area contributed by atoms with Gasteiger partial charge in [0, 0.05) is 12.6 Å². The first kappa shape index (κ1) is 16.2. The van der Waals surface area contributed by atoms with Crippen LogP contribution in [0.4, 0.5) is 0 Å². The number of nitrogens with zero attached hydrogens (tertiary/aromatic N) is 3. The molecule has 0 radical (unpaired) electrons. The van der Waals surface area contributed by atoms with Crippen LogP contribution in [0.15, 0.2) is 6.20 Å². The van der Waals surface area contributed by atoms with Crippen LogP contribution < -0.4 is 5.32 Å². The molecule has 1 unspecified atom stereocenters. The Labute approximate surface area is 118 Å². The van der Waals surface area contributed by atoms with Crippen molar-refractivity contribution >= 4 is 0 Å². The molecule has 4 nitrogen and oxygen atoms in total. The summed E-state index contributed by atoms with van der Waals surface area (Å²) in [4.78, 5) is 0. The molecule has 1 aromatic heterocycles. The zero-order valence-electron chi connectivity index (χ0n) is 13.2. The molecule has 4 heteroatoms. The van der Waals surface area contributed by atoms with Gasteiger partial charge in [0.25, 0.3) is 0 Å². The van der Waals surface area contributed by atoms with Crippen molar-refractivity contribution in [3.8, 4) is 0 Å². The van der Waals surface area contributed by atoms with E-state index in [1.54, 1.807) is 0 Å². The van der Waals surface area contributed by atoms with Crippen molar-refractivity contribution in [1.29, 1.82) is 0 Å². The van der Waals surface area contributed by atoms with E-state index in [0.717, 1.165) is 32.4 Å². The van der Waals surface area contributed by atoms with Gasteiger partial charge in [0.2, 0.25) is 0 Å². The maximum absolute atomic E-state index is 4.15. The maximum atomic E-state index is 4.15. The second kappa shape index (κ2) is 7.63. The van der Waals surface area contributed by atoms with Crippen LogP contribution in [0.25, 0.3) is 0 Å². The Morgan fingerprint density at radius 3 is 2.58 bits per heavy atom. The highest BCUT2D eigenvalue weighted by Gasteiger charge is 2.23. The molecule has 1 heterocycles. The Morgan fingerprint density at radius 2 is 2.00 bits per heavy atom. The summed E-state index contributed by atoms with van der Waals surface area (Å²) in [6, 6.07) is 0.539. The molecule has 0 bridgehead atoms. The van der Waals surface area contributed by atoms with Gasteiger partial charge in [-0.25, -0.2) is 4.68 Å².